The number of benzene rings is 9. The van der Waals surface area contributed by atoms with Crippen LogP contribution in [-0.4, -0.2) is 15.0 Å². The SMILES string of the molecule is c1ccc(-c2nc(-c3ccc4ccccc4c3)nc(-c3c(-c4ccc5c6ccccc6c6ccccc6c5c4)ccc4oc5ccccc5c34)n2)cc1. The van der Waals surface area contributed by atoms with E-state index in [2.05, 4.69) is 146 Å². The van der Waals surface area contributed by atoms with Crippen LogP contribution in [0.1, 0.15) is 0 Å². The summed E-state index contributed by atoms with van der Waals surface area (Å²) in [5.74, 6) is 1.83. The van der Waals surface area contributed by atoms with Crippen molar-refractivity contribution in [1.29, 1.82) is 0 Å². The fraction of sp³-hybridized carbons (Fsp3) is 0. The molecule has 0 N–H and O–H groups in total. The van der Waals surface area contributed by atoms with E-state index in [0.717, 1.165) is 55.1 Å². The molecule has 11 rings (SSSR count). The van der Waals surface area contributed by atoms with Gasteiger partial charge < -0.3 is 4.42 Å². The summed E-state index contributed by atoms with van der Waals surface area (Å²) in [7, 11) is 0. The van der Waals surface area contributed by atoms with Crippen LogP contribution < -0.4 is 0 Å². The third kappa shape index (κ3) is 4.73. The minimum absolute atomic E-state index is 0.595. The average Bonchev–Trinajstić information content (AvgIpc) is 3.62. The number of rotatable bonds is 4. The predicted octanol–water partition coefficient (Wildman–Crippen LogP) is 13.1. The molecule has 0 amide bonds. The van der Waals surface area contributed by atoms with E-state index in [4.69, 9.17) is 19.4 Å². The molecule has 246 valence electrons. The summed E-state index contributed by atoms with van der Waals surface area (Å²) < 4.78 is 6.49. The summed E-state index contributed by atoms with van der Waals surface area (Å²) in [4.78, 5) is 15.7. The van der Waals surface area contributed by atoms with E-state index in [1.54, 1.807) is 0 Å². The lowest BCUT2D eigenvalue weighted by atomic mass is 9.90. The van der Waals surface area contributed by atoms with Gasteiger partial charge in [-0.15, -0.1) is 0 Å². The predicted molar refractivity (Wildman–Crippen MR) is 219 cm³/mol. The first-order chi connectivity index (χ1) is 26.3. The minimum atomic E-state index is 0.595. The Morgan fingerprint density at radius 1 is 0.321 bits per heavy atom. The molecule has 53 heavy (non-hydrogen) atoms. The summed E-state index contributed by atoms with van der Waals surface area (Å²) >= 11 is 0. The molecular weight excluding hydrogens is 647 g/mol. The summed E-state index contributed by atoms with van der Waals surface area (Å²) in [6.45, 7) is 0. The molecule has 0 saturated heterocycles. The molecular formula is C49H29N3O. The number of furan rings is 1. The molecule has 0 atom stereocenters. The first kappa shape index (κ1) is 29.5. The molecule has 0 radical (unpaired) electrons. The molecule has 2 aromatic heterocycles. The fourth-order valence-electron chi connectivity index (χ4n) is 8.03. The molecule has 11 aromatic rings. The Labute approximate surface area is 304 Å². The topological polar surface area (TPSA) is 51.8 Å². The Morgan fingerprint density at radius 3 is 1.64 bits per heavy atom. The highest BCUT2D eigenvalue weighted by atomic mass is 16.3. The standard InChI is InChI=1S/C49H29N3O/c1-2-13-31(14-3-1)47-50-48(34-23-22-30-12-4-5-15-32(30)28-34)52-49(51-47)46-35(26-27-44-45(46)41-20-10-11-21-43(41)53-44)33-24-25-40-38-18-7-6-16-36(38)37-17-8-9-19-39(37)42(40)29-33/h1-29H. The van der Waals surface area contributed by atoms with Crippen LogP contribution in [0.15, 0.2) is 180 Å². The van der Waals surface area contributed by atoms with Crippen LogP contribution in [0.25, 0.3) is 110 Å². The lowest BCUT2D eigenvalue weighted by Gasteiger charge is -2.15. The molecule has 9 aromatic carbocycles. The first-order valence-electron chi connectivity index (χ1n) is 17.9. The van der Waals surface area contributed by atoms with Crippen molar-refractivity contribution in [2.75, 3.05) is 0 Å². The minimum Gasteiger partial charge on any atom is -0.456 e. The molecule has 0 spiro atoms. The highest BCUT2D eigenvalue weighted by molar-refractivity contribution is 6.26. The summed E-state index contributed by atoms with van der Waals surface area (Å²) in [6.07, 6.45) is 0. The molecule has 0 aliphatic rings. The summed E-state index contributed by atoms with van der Waals surface area (Å²) in [5, 5.41) is 11.7. The van der Waals surface area contributed by atoms with E-state index >= 15 is 0 Å². The number of aromatic nitrogens is 3. The molecule has 0 aliphatic carbocycles. The Hall–Kier alpha value is -7.17. The van der Waals surface area contributed by atoms with Crippen molar-refractivity contribution in [1.82, 2.24) is 15.0 Å². The van der Waals surface area contributed by atoms with Gasteiger partial charge in [0.2, 0.25) is 0 Å². The van der Waals surface area contributed by atoms with E-state index in [1.165, 1.54) is 37.7 Å². The van der Waals surface area contributed by atoms with Crippen molar-refractivity contribution in [3.8, 4) is 45.3 Å². The molecule has 0 unspecified atom stereocenters. The van der Waals surface area contributed by atoms with Crippen LogP contribution in [-0.2, 0) is 0 Å². The van der Waals surface area contributed by atoms with Crippen molar-refractivity contribution in [2.24, 2.45) is 0 Å². The zero-order valence-corrected chi connectivity index (χ0v) is 28.5. The van der Waals surface area contributed by atoms with Crippen LogP contribution in [0.2, 0.25) is 0 Å². The smallest absolute Gasteiger partial charge is 0.165 e. The van der Waals surface area contributed by atoms with E-state index in [0.29, 0.717) is 17.5 Å². The van der Waals surface area contributed by atoms with Gasteiger partial charge in [-0.2, -0.15) is 0 Å². The van der Waals surface area contributed by atoms with Crippen LogP contribution in [0, 0.1) is 0 Å². The van der Waals surface area contributed by atoms with E-state index in [-0.39, 0.29) is 0 Å². The second-order valence-electron chi connectivity index (χ2n) is 13.5. The fourth-order valence-corrected chi connectivity index (χ4v) is 8.03. The van der Waals surface area contributed by atoms with E-state index in [1.807, 2.05) is 30.3 Å². The second kappa shape index (κ2) is 11.7. The Balaban J connectivity index is 1.24. The lowest BCUT2D eigenvalue weighted by molar-refractivity contribution is 0.669. The van der Waals surface area contributed by atoms with Crippen LogP contribution in [0.5, 0.6) is 0 Å². The van der Waals surface area contributed by atoms with Gasteiger partial charge in [0.15, 0.2) is 17.5 Å². The Bertz CT molecular complexity index is 3200. The van der Waals surface area contributed by atoms with Gasteiger partial charge in [-0.05, 0) is 84.5 Å². The molecule has 4 nitrogen and oxygen atoms in total. The van der Waals surface area contributed by atoms with Gasteiger partial charge in [0, 0.05) is 27.5 Å². The van der Waals surface area contributed by atoms with Gasteiger partial charge in [-0.25, -0.2) is 15.0 Å². The van der Waals surface area contributed by atoms with Gasteiger partial charge >= 0.3 is 0 Å². The van der Waals surface area contributed by atoms with Gasteiger partial charge in [0.05, 0.1) is 0 Å². The van der Waals surface area contributed by atoms with Gasteiger partial charge in [-0.1, -0.05) is 146 Å². The van der Waals surface area contributed by atoms with Crippen LogP contribution >= 0.6 is 0 Å². The van der Waals surface area contributed by atoms with E-state index in [9.17, 15) is 0 Å². The number of fused-ring (bicyclic) bond motifs is 10. The second-order valence-corrected chi connectivity index (χ2v) is 13.5. The maximum absolute atomic E-state index is 6.49. The van der Waals surface area contributed by atoms with Crippen molar-refractivity contribution >= 4 is 65.0 Å². The Morgan fingerprint density at radius 2 is 0.887 bits per heavy atom. The Kier molecular flexibility index (Phi) is 6.52. The quantitative estimate of drug-likeness (QED) is 0.174. The van der Waals surface area contributed by atoms with E-state index < -0.39 is 0 Å². The zero-order valence-electron chi connectivity index (χ0n) is 28.5. The molecule has 0 bridgehead atoms. The highest BCUT2D eigenvalue weighted by Gasteiger charge is 2.22. The summed E-state index contributed by atoms with van der Waals surface area (Å²) in [5.41, 5.74) is 6.48. The molecule has 0 saturated carbocycles. The average molecular weight is 676 g/mol. The summed E-state index contributed by atoms with van der Waals surface area (Å²) in [6, 6.07) is 61.6. The van der Waals surface area contributed by atoms with Crippen molar-refractivity contribution in [3.63, 3.8) is 0 Å². The molecule has 2 heterocycles. The van der Waals surface area contributed by atoms with Crippen molar-refractivity contribution in [3.05, 3.63) is 176 Å². The number of hydrogen-bond acceptors (Lipinski definition) is 4. The lowest BCUT2D eigenvalue weighted by Crippen LogP contribution is -2.01. The third-order valence-corrected chi connectivity index (χ3v) is 10.5. The van der Waals surface area contributed by atoms with Gasteiger partial charge in [0.25, 0.3) is 0 Å². The third-order valence-electron chi connectivity index (χ3n) is 10.5. The zero-order chi connectivity index (χ0) is 34.9. The number of nitrogens with zero attached hydrogens (tertiary/aromatic N) is 3. The number of hydrogen-bond donors (Lipinski definition) is 0. The monoisotopic (exact) mass is 675 g/mol. The molecule has 4 heteroatoms. The highest BCUT2D eigenvalue weighted by Crippen LogP contribution is 2.44. The maximum atomic E-state index is 6.49. The largest absolute Gasteiger partial charge is 0.456 e. The van der Waals surface area contributed by atoms with Crippen LogP contribution in [0.4, 0.5) is 0 Å². The first-order valence-corrected chi connectivity index (χ1v) is 17.9. The number of para-hydroxylation sites is 1. The maximum Gasteiger partial charge on any atom is 0.165 e. The van der Waals surface area contributed by atoms with Crippen LogP contribution in [0.3, 0.4) is 0 Å². The normalized spacial score (nSPS) is 11.8. The van der Waals surface area contributed by atoms with Gasteiger partial charge in [0.1, 0.15) is 11.2 Å². The molecule has 0 aliphatic heterocycles. The van der Waals surface area contributed by atoms with Crippen molar-refractivity contribution in [2.45, 2.75) is 0 Å². The van der Waals surface area contributed by atoms with Gasteiger partial charge in [-0.3, -0.25) is 0 Å². The van der Waals surface area contributed by atoms with Crippen molar-refractivity contribution < 1.29 is 4.42 Å². The molecule has 0 fully saturated rings.